The van der Waals surface area contributed by atoms with E-state index in [1.54, 1.807) is 0 Å². The lowest BCUT2D eigenvalue weighted by Gasteiger charge is -2.21. The molecule has 1 rings (SSSR count). The average Bonchev–Trinajstić information content (AvgIpc) is 2.15. The number of nitrogens with zero attached hydrogens (tertiary/aromatic N) is 1. The van der Waals surface area contributed by atoms with E-state index in [4.69, 9.17) is 4.74 Å². The van der Waals surface area contributed by atoms with Crippen LogP contribution in [0.3, 0.4) is 0 Å². The van der Waals surface area contributed by atoms with Crippen molar-refractivity contribution in [1.29, 1.82) is 0 Å². The maximum Gasteiger partial charge on any atom is 0.325 e. The van der Waals surface area contributed by atoms with Gasteiger partial charge in [-0.3, -0.25) is 4.79 Å². The lowest BCUT2D eigenvalue weighted by molar-refractivity contribution is -0.141. The third-order valence-electron chi connectivity index (χ3n) is 2.03. The zero-order chi connectivity index (χ0) is 13.0. The summed E-state index contributed by atoms with van der Waals surface area (Å²) in [5.74, 6) is -0.194. The Bertz CT molecular complexity index is 400. The summed E-state index contributed by atoms with van der Waals surface area (Å²) >= 11 is 6.87. The molecule has 0 unspecified atom stereocenters. The van der Waals surface area contributed by atoms with Gasteiger partial charge in [0, 0.05) is 17.8 Å². The third-order valence-corrected chi connectivity index (χ3v) is 4.30. The Morgan fingerprint density at radius 3 is 2.29 bits per heavy atom. The molecule has 17 heavy (non-hydrogen) atoms. The molecule has 0 amide bonds. The standard InChI is InChI=1S/C11H12I3NO2/c1-3-17-10(16)6-15(2)11-8(13)4-7(12)5-9(11)14/h4-5H,3,6H2,1-2H3. The Balaban J connectivity index is 2.89. The van der Waals surface area contributed by atoms with Crippen LogP contribution in [0.15, 0.2) is 12.1 Å². The van der Waals surface area contributed by atoms with Crippen LogP contribution in [0.5, 0.6) is 0 Å². The van der Waals surface area contributed by atoms with Gasteiger partial charge >= 0.3 is 5.97 Å². The molecule has 0 aliphatic carbocycles. The molecule has 0 bridgehead atoms. The molecule has 3 nitrogen and oxygen atoms in total. The largest absolute Gasteiger partial charge is 0.465 e. The summed E-state index contributed by atoms with van der Waals surface area (Å²) in [5, 5.41) is 0. The minimum atomic E-state index is -0.194. The van der Waals surface area contributed by atoms with E-state index in [0.29, 0.717) is 6.61 Å². The predicted octanol–water partition coefficient (Wildman–Crippen LogP) is 3.50. The van der Waals surface area contributed by atoms with Crippen molar-refractivity contribution in [3.05, 3.63) is 22.8 Å². The fourth-order valence-corrected chi connectivity index (χ4v) is 5.78. The van der Waals surface area contributed by atoms with E-state index in [1.807, 2.05) is 18.9 Å². The Hall–Kier alpha value is 0.680. The van der Waals surface area contributed by atoms with Gasteiger partial charge in [-0.15, -0.1) is 0 Å². The SMILES string of the molecule is CCOC(=O)CN(C)c1c(I)cc(I)cc1I. The first-order chi connectivity index (χ1) is 7.95. The molecular formula is C11H12I3NO2. The summed E-state index contributed by atoms with van der Waals surface area (Å²) in [6.07, 6.45) is 0. The topological polar surface area (TPSA) is 29.5 Å². The van der Waals surface area contributed by atoms with Gasteiger partial charge in [-0.25, -0.2) is 0 Å². The van der Waals surface area contributed by atoms with Crippen molar-refractivity contribution in [3.63, 3.8) is 0 Å². The minimum absolute atomic E-state index is 0.194. The number of benzene rings is 1. The Kier molecular flexibility index (Phi) is 6.77. The summed E-state index contributed by atoms with van der Waals surface area (Å²) < 4.78 is 8.44. The monoisotopic (exact) mass is 571 g/mol. The van der Waals surface area contributed by atoms with Crippen LogP contribution in [0.2, 0.25) is 0 Å². The maximum absolute atomic E-state index is 11.4. The normalized spacial score (nSPS) is 10.2. The molecule has 0 aromatic heterocycles. The molecule has 0 aliphatic rings. The first-order valence-corrected chi connectivity index (χ1v) is 8.20. The van der Waals surface area contributed by atoms with Crippen LogP contribution in [0.25, 0.3) is 0 Å². The number of esters is 1. The lowest BCUT2D eigenvalue weighted by Crippen LogP contribution is -2.28. The van der Waals surface area contributed by atoms with Crippen LogP contribution < -0.4 is 4.90 Å². The van der Waals surface area contributed by atoms with Crippen molar-refractivity contribution in [2.75, 3.05) is 25.1 Å². The number of carbonyl (C=O) groups is 1. The van der Waals surface area contributed by atoms with Crippen LogP contribution in [-0.2, 0) is 9.53 Å². The average molecular weight is 571 g/mol. The molecule has 0 radical (unpaired) electrons. The van der Waals surface area contributed by atoms with Gasteiger partial charge in [0.2, 0.25) is 0 Å². The van der Waals surface area contributed by atoms with Gasteiger partial charge in [-0.2, -0.15) is 0 Å². The second kappa shape index (κ2) is 7.31. The molecule has 0 saturated heterocycles. The maximum atomic E-state index is 11.4. The lowest BCUT2D eigenvalue weighted by atomic mass is 10.3. The van der Waals surface area contributed by atoms with E-state index >= 15 is 0 Å². The van der Waals surface area contributed by atoms with Crippen LogP contribution in [0.1, 0.15) is 6.92 Å². The fourth-order valence-electron chi connectivity index (χ4n) is 1.38. The Labute approximate surface area is 142 Å². The molecule has 0 aliphatic heterocycles. The highest BCUT2D eigenvalue weighted by Gasteiger charge is 2.14. The number of rotatable bonds is 4. The summed E-state index contributed by atoms with van der Waals surface area (Å²) in [6.45, 7) is 2.52. The van der Waals surface area contributed by atoms with E-state index in [2.05, 4.69) is 79.9 Å². The number of hydrogen-bond acceptors (Lipinski definition) is 3. The number of carbonyl (C=O) groups excluding carboxylic acids is 1. The molecular weight excluding hydrogens is 559 g/mol. The predicted molar refractivity (Wildman–Crippen MR) is 94.5 cm³/mol. The van der Waals surface area contributed by atoms with Crippen LogP contribution in [0.4, 0.5) is 5.69 Å². The second-order valence-corrected chi connectivity index (χ2v) is 6.95. The van der Waals surface area contributed by atoms with Crippen molar-refractivity contribution in [2.24, 2.45) is 0 Å². The number of hydrogen-bond donors (Lipinski definition) is 0. The van der Waals surface area contributed by atoms with Gasteiger partial charge < -0.3 is 9.64 Å². The molecule has 0 fully saturated rings. The van der Waals surface area contributed by atoms with E-state index in [-0.39, 0.29) is 12.5 Å². The summed E-state index contributed by atoms with van der Waals surface area (Å²) in [4.78, 5) is 13.4. The molecule has 6 heteroatoms. The first-order valence-electron chi connectivity index (χ1n) is 4.97. The van der Waals surface area contributed by atoms with Crippen molar-refractivity contribution in [3.8, 4) is 0 Å². The molecule has 1 aromatic rings. The summed E-state index contributed by atoms with van der Waals surface area (Å²) in [6, 6.07) is 4.19. The minimum Gasteiger partial charge on any atom is -0.465 e. The highest BCUT2D eigenvalue weighted by atomic mass is 127. The van der Waals surface area contributed by atoms with Crippen LogP contribution in [0, 0.1) is 10.7 Å². The van der Waals surface area contributed by atoms with E-state index in [0.717, 1.165) is 12.8 Å². The first kappa shape index (κ1) is 15.7. The fraction of sp³-hybridized carbons (Fsp3) is 0.364. The number of ether oxygens (including phenoxy) is 1. The van der Waals surface area contributed by atoms with Gasteiger partial charge in [-0.1, -0.05) is 0 Å². The Morgan fingerprint density at radius 1 is 1.29 bits per heavy atom. The van der Waals surface area contributed by atoms with Crippen LogP contribution in [-0.4, -0.2) is 26.2 Å². The van der Waals surface area contributed by atoms with E-state index in [9.17, 15) is 4.79 Å². The van der Waals surface area contributed by atoms with Crippen molar-refractivity contribution in [1.82, 2.24) is 0 Å². The van der Waals surface area contributed by atoms with Gasteiger partial charge in [-0.05, 0) is 86.8 Å². The molecule has 0 atom stereocenters. The summed E-state index contributed by atoms with van der Waals surface area (Å²) in [5.41, 5.74) is 1.08. The highest BCUT2D eigenvalue weighted by Crippen LogP contribution is 2.29. The molecule has 0 N–H and O–H groups in total. The van der Waals surface area contributed by atoms with Crippen molar-refractivity contribution >= 4 is 79.4 Å². The number of halogens is 3. The van der Waals surface area contributed by atoms with Gasteiger partial charge in [0.15, 0.2) is 0 Å². The number of likely N-dealkylation sites (N-methyl/N-ethyl adjacent to an activating group) is 1. The smallest absolute Gasteiger partial charge is 0.325 e. The van der Waals surface area contributed by atoms with Crippen LogP contribution >= 0.6 is 67.8 Å². The zero-order valence-electron chi connectivity index (χ0n) is 9.47. The van der Waals surface area contributed by atoms with Gasteiger partial charge in [0.25, 0.3) is 0 Å². The van der Waals surface area contributed by atoms with E-state index in [1.165, 1.54) is 3.57 Å². The molecule has 94 valence electrons. The molecule has 0 saturated carbocycles. The van der Waals surface area contributed by atoms with Gasteiger partial charge in [0.1, 0.15) is 6.54 Å². The zero-order valence-corrected chi connectivity index (χ0v) is 15.9. The Morgan fingerprint density at radius 2 is 1.82 bits per heavy atom. The van der Waals surface area contributed by atoms with Crippen molar-refractivity contribution in [2.45, 2.75) is 6.92 Å². The molecule has 1 aromatic carbocycles. The van der Waals surface area contributed by atoms with Gasteiger partial charge in [0.05, 0.1) is 12.3 Å². The van der Waals surface area contributed by atoms with E-state index < -0.39 is 0 Å². The molecule has 0 heterocycles. The second-order valence-electron chi connectivity index (χ2n) is 3.38. The quantitative estimate of drug-likeness (QED) is 0.410. The number of anilines is 1. The third kappa shape index (κ3) is 4.69. The highest BCUT2D eigenvalue weighted by molar-refractivity contribution is 14.1. The van der Waals surface area contributed by atoms with Crippen molar-refractivity contribution < 1.29 is 9.53 Å². The summed E-state index contributed by atoms with van der Waals surface area (Å²) in [7, 11) is 1.91. The molecule has 0 spiro atoms.